The van der Waals surface area contributed by atoms with Gasteiger partial charge in [-0.1, -0.05) is 0 Å². The van der Waals surface area contributed by atoms with E-state index >= 15 is 0 Å². The quantitative estimate of drug-likeness (QED) is 0.928. The third kappa shape index (κ3) is 5.30. The molecular weight excluding hydrogens is 285 g/mol. The van der Waals surface area contributed by atoms with E-state index in [9.17, 15) is 0 Å². The number of rotatable bonds is 4. The van der Waals surface area contributed by atoms with Gasteiger partial charge in [0.1, 0.15) is 5.76 Å². The molecule has 6 heteroatoms. The van der Waals surface area contributed by atoms with E-state index in [2.05, 4.69) is 15.2 Å². The Labute approximate surface area is 128 Å². The minimum atomic E-state index is 0. The van der Waals surface area contributed by atoms with Crippen molar-refractivity contribution in [2.24, 2.45) is 5.92 Å². The first kappa shape index (κ1) is 18.7. The summed E-state index contributed by atoms with van der Waals surface area (Å²) in [6.07, 6.45) is 2.62. The highest BCUT2D eigenvalue weighted by molar-refractivity contribution is 5.85. The number of hydrogen-bond donors (Lipinski definition) is 1. The van der Waals surface area contributed by atoms with Crippen LogP contribution in [0.15, 0.2) is 4.42 Å². The molecule has 1 atom stereocenters. The predicted octanol–water partition coefficient (Wildman–Crippen LogP) is 2.57. The van der Waals surface area contributed by atoms with E-state index < -0.39 is 0 Å². The first-order valence-corrected chi connectivity index (χ1v) is 6.49. The lowest BCUT2D eigenvalue weighted by molar-refractivity contribution is 0.153. The zero-order chi connectivity index (χ0) is 12.3. The summed E-state index contributed by atoms with van der Waals surface area (Å²) in [4.78, 5) is 6.91. The zero-order valence-electron chi connectivity index (χ0n) is 11.9. The lowest BCUT2D eigenvalue weighted by atomic mass is 9.98. The summed E-state index contributed by atoms with van der Waals surface area (Å²) in [6, 6.07) is 0. The molecule has 0 aliphatic carbocycles. The lowest BCUT2D eigenvalue weighted by Gasteiger charge is -2.31. The Balaban J connectivity index is 0.00000162. The Morgan fingerprint density at radius 3 is 2.68 bits per heavy atom. The van der Waals surface area contributed by atoms with E-state index in [0.29, 0.717) is 0 Å². The maximum absolute atomic E-state index is 5.64. The fourth-order valence-corrected chi connectivity index (χ4v) is 2.55. The average molecular weight is 310 g/mol. The number of aromatic nitrogens is 1. The molecule has 19 heavy (non-hydrogen) atoms. The first-order valence-electron chi connectivity index (χ1n) is 6.49. The molecule has 1 aliphatic rings. The van der Waals surface area contributed by atoms with Crippen LogP contribution in [0, 0.1) is 19.8 Å². The van der Waals surface area contributed by atoms with Crippen LogP contribution in [0.4, 0.5) is 0 Å². The van der Waals surface area contributed by atoms with Crippen LogP contribution in [0.25, 0.3) is 0 Å². The number of nitrogens with one attached hydrogen (secondary N) is 1. The number of nitrogens with zero attached hydrogens (tertiary/aromatic N) is 2. The predicted molar refractivity (Wildman–Crippen MR) is 82.4 cm³/mol. The van der Waals surface area contributed by atoms with Crippen LogP contribution in [-0.4, -0.2) is 36.6 Å². The van der Waals surface area contributed by atoms with Gasteiger partial charge >= 0.3 is 0 Å². The van der Waals surface area contributed by atoms with Gasteiger partial charge in [0.2, 0.25) is 5.89 Å². The standard InChI is InChI=1S/C13H23N3O.2ClH/c1-10-11(2)17-13(15-10)9-16-6-4-5-12(8-16)7-14-3;;/h12,14H,4-9H2,1-3H3;2*1H. The molecule has 1 aromatic rings. The van der Waals surface area contributed by atoms with E-state index in [1.807, 2.05) is 20.9 Å². The van der Waals surface area contributed by atoms with Gasteiger partial charge in [-0.25, -0.2) is 4.98 Å². The largest absolute Gasteiger partial charge is 0.444 e. The van der Waals surface area contributed by atoms with E-state index in [1.165, 1.54) is 19.4 Å². The number of oxazole rings is 1. The van der Waals surface area contributed by atoms with Crippen molar-refractivity contribution < 1.29 is 4.42 Å². The van der Waals surface area contributed by atoms with Gasteiger partial charge in [-0.2, -0.15) is 0 Å². The molecule has 1 unspecified atom stereocenters. The Morgan fingerprint density at radius 1 is 1.37 bits per heavy atom. The lowest BCUT2D eigenvalue weighted by Crippen LogP contribution is -2.38. The molecule has 2 rings (SSSR count). The summed E-state index contributed by atoms with van der Waals surface area (Å²) in [5.74, 6) is 2.58. The second kappa shape index (κ2) is 8.80. The maximum Gasteiger partial charge on any atom is 0.208 e. The molecule has 1 aromatic heterocycles. The molecule has 1 saturated heterocycles. The number of aryl methyl sites for hydroxylation is 2. The van der Waals surface area contributed by atoms with Crippen LogP contribution in [-0.2, 0) is 6.54 Å². The third-order valence-electron chi connectivity index (χ3n) is 3.53. The zero-order valence-corrected chi connectivity index (χ0v) is 13.6. The molecule has 2 heterocycles. The average Bonchev–Trinajstić information content (AvgIpc) is 2.59. The van der Waals surface area contributed by atoms with Crippen molar-refractivity contribution in [3.8, 4) is 0 Å². The molecule has 112 valence electrons. The van der Waals surface area contributed by atoms with Crippen molar-refractivity contribution in [3.63, 3.8) is 0 Å². The molecule has 1 aliphatic heterocycles. The van der Waals surface area contributed by atoms with E-state index in [-0.39, 0.29) is 24.8 Å². The van der Waals surface area contributed by atoms with Crippen LogP contribution in [0.1, 0.15) is 30.2 Å². The fourth-order valence-electron chi connectivity index (χ4n) is 2.55. The van der Waals surface area contributed by atoms with Gasteiger partial charge in [0.25, 0.3) is 0 Å². The summed E-state index contributed by atoms with van der Waals surface area (Å²) in [5.41, 5.74) is 1.02. The van der Waals surface area contributed by atoms with Crippen molar-refractivity contribution in [1.29, 1.82) is 0 Å². The second-order valence-electron chi connectivity index (χ2n) is 5.05. The van der Waals surface area contributed by atoms with Crippen LogP contribution < -0.4 is 5.32 Å². The van der Waals surface area contributed by atoms with Gasteiger partial charge in [0.05, 0.1) is 12.2 Å². The number of likely N-dealkylation sites (tertiary alicyclic amines) is 1. The normalized spacial score (nSPS) is 19.6. The Hall–Kier alpha value is -0.290. The molecule has 0 amide bonds. The van der Waals surface area contributed by atoms with Crippen molar-refractivity contribution in [2.45, 2.75) is 33.2 Å². The Bertz CT molecular complexity index is 349. The maximum atomic E-state index is 5.64. The SMILES string of the molecule is CNCC1CCCN(Cc2nc(C)c(C)o2)C1.Cl.Cl. The van der Waals surface area contributed by atoms with E-state index in [4.69, 9.17) is 4.42 Å². The summed E-state index contributed by atoms with van der Waals surface area (Å²) in [5, 5.41) is 3.27. The molecule has 4 nitrogen and oxygen atoms in total. The van der Waals surface area contributed by atoms with Gasteiger partial charge in [0, 0.05) is 6.54 Å². The summed E-state index contributed by atoms with van der Waals surface area (Å²) >= 11 is 0. The minimum absolute atomic E-state index is 0. The van der Waals surface area contributed by atoms with Crippen molar-refractivity contribution in [1.82, 2.24) is 15.2 Å². The van der Waals surface area contributed by atoms with Gasteiger partial charge in [-0.05, 0) is 52.7 Å². The second-order valence-corrected chi connectivity index (χ2v) is 5.05. The molecule has 0 radical (unpaired) electrons. The van der Waals surface area contributed by atoms with Crippen LogP contribution in [0.2, 0.25) is 0 Å². The van der Waals surface area contributed by atoms with Crippen molar-refractivity contribution in [2.75, 3.05) is 26.7 Å². The van der Waals surface area contributed by atoms with Gasteiger partial charge in [-0.15, -0.1) is 24.8 Å². The number of halogens is 2. The number of hydrogen-bond acceptors (Lipinski definition) is 4. The van der Waals surface area contributed by atoms with Gasteiger partial charge in [-0.3, -0.25) is 4.90 Å². The molecular formula is C13H25Cl2N3O. The van der Waals surface area contributed by atoms with Gasteiger partial charge in [0.15, 0.2) is 0 Å². The molecule has 0 saturated carbocycles. The van der Waals surface area contributed by atoms with E-state index in [0.717, 1.165) is 42.9 Å². The van der Waals surface area contributed by atoms with Gasteiger partial charge < -0.3 is 9.73 Å². The fraction of sp³-hybridized carbons (Fsp3) is 0.769. The first-order chi connectivity index (χ1) is 8.19. The van der Waals surface area contributed by atoms with Crippen molar-refractivity contribution >= 4 is 24.8 Å². The summed E-state index contributed by atoms with van der Waals surface area (Å²) in [7, 11) is 2.03. The molecule has 0 spiro atoms. The van der Waals surface area contributed by atoms with Crippen LogP contribution in [0.5, 0.6) is 0 Å². The van der Waals surface area contributed by atoms with Crippen molar-refractivity contribution in [3.05, 3.63) is 17.3 Å². The highest BCUT2D eigenvalue weighted by atomic mass is 35.5. The highest BCUT2D eigenvalue weighted by Gasteiger charge is 2.20. The molecule has 1 N–H and O–H groups in total. The Morgan fingerprint density at radius 2 is 2.11 bits per heavy atom. The number of piperidine rings is 1. The van der Waals surface area contributed by atoms with Crippen LogP contribution >= 0.6 is 24.8 Å². The topological polar surface area (TPSA) is 41.3 Å². The van der Waals surface area contributed by atoms with E-state index in [1.54, 1.807) is 0 Å². The summed E-state index contributed by atoms with van der Waals surface area (Å²) in [6.45, 7) is 8.27. The Kier molecular flexibility index (Phi) is 8.66. The summed E-state index contributed by atoms with van der Waals surface area (Å²) < 4.78 is 5.64. The smallest absolute Gasteiger partial charge is 0.208 e. The molecule has 0 bridgehead atoms. The van der Waals surface area contributed by atoms with Crippen LogP contribution in [0.3, 0.4) is 0 Å². The minimum Gasteiger partial charge on any atom is -0.444 e. The monoisotopic (exact) mass is 309 g/mol. The molecule has 1 fully saturated rings. The third-order valence-corrected chi connectivity index (χ3v) is 3.53. The molecule has 0 aromatic carbocycles. The highest BCUT2D eigenvalue weighted by Crippen LogP contribution is 2.18.